The van der Waals surface area contributed by atoms with Gasteiger partial charge in [0.25, 0.3) is 0 Å². The van der Waals surface area contributed by atoms with Gasteiger partial charge in [-0.05, 0) is 6.08 Å². The van der Waals surface area contributed by atoms with Crippen LogP contribution < -0.4 is 0 Å². The smallest absolute Gasteiger partial charge is 0.289 e. The average Bonchev–Trinajstić information content (AvgIpc) is 2.17. The largest absolute Gasteiger partial charge is 0.409 e. The highest BCUT2D eigenvalue weighted by atomic mass is 19.4. The van der Waals surface area contributed by atoms with E-state index < -0.39 is 18.0 Å². The average molecular weight is 201 g/mol. The summed E-state index contributed by atoms with van der Waals surface area (Å²) in [6.45, 7) is 0. The summed E-state index contributed by atoms with van der Waals surface area (Å²) < 4.78 is 42.4. The van der Waals surface area contributed by atoms with Gasteiger partial charge >= 0.3 is 6.18 Å². The number of benzene rings is 1. The standard InChI is InChI=1S/C10H7F3O/c11-10(12,13)7-6-9(14)8-4-2-1-3-5-8/h1-7H/b7-6+/i7D. The number of rotatable bonds is 2. The van der Waals surface area contributed by atoms with Crippen LogP contribution in [0.15, 0.2) is 42.5 Å². The van der Waals surface area contributed by atoms with Crippen molar-refractivity contribution in [3.63, 3.8) is 0 Å². The summed E-state index contributed by atoms with van der Waals surface area (Å²) in [4.78, 5) is 11.2. The van der Waals surface area contributed by atoms with E-state index in [-0.39, 0.29) is 11.6 Å². The zero-order chi connectivity index (χ0) is 11.5. The lowest BCUT2D eigenvalue weighted by Crippen LogP contribution is -2.03. The first-order valence-electron chi connectivity index (χ1n) is 4.26. The second-order valence-electron chi connectivity index (χ2n) is 2.52. The van der Waals surface area contributed by atoms with Gasteiger partial charge in [-0.25, -0.2) is 0 Å². The van der Waals surface area contributed by atoms with Crippen LogP contribution in [0.2, 0.25) is 0 Å². The molecule has 1 aromatic rings. The Morgan fingerprint density at radius 1 is 1.29 bits per heavy atom. The quantitative estimate of drug-likeness (QED) is 0.531. The predicted molar refractivity (Wildman–Crippen MR) is 46.0 cm³/mol. The van der Waals surface area contributed by atoms with Crippen molar-refractivity contribution < 1.29 is 19.3 Å². The number of hydrogen-bond donors (Lipinski definition) is 0. The fourth-order valence-corrected chi connectivity index (χ4v) is 0.833. The van der Waals surface area contributed by atoms with Crippen LogP contribution in [0.1, 0.15) is 11.7 Å². The van der Waals surface area contributed by atoms with Crippen LogP contribution in [0.25, 0.3) is 0 Å². The monoisotopic (exact) mass is 201 g/mol. The lowest BCUT2D eigenvalue weighted by Gasteiger charge is -1.97. The van der Waals surface area contributed by atoms with Gasteiger partial charge in [0.05, 0.1) is 1.37 Å². The first-order valence-corrected chi connectivity index (χ1v) is 3.76. The normalized spacial score (nSPS) is 13.6. The Morgan fingerprint density at radius 3 is 2.36 bits per heavy atom. The highest BCUT2D eigenvalue weighted by Gasteiger charge is 2.22. The first-order chi connectivity index (χ1) is 6.91. The third-order valence-corrected chi connectivity index (χ3v) is 1.43. The number of carbonyl (C=O) groups is 1. The van der Waals surface area contributed by atoms with Gasteiger partial charge in [-0.3, -0.25) is 4.79 Å². The molecule has 0 aliphatic heterocycles. The first kappa shape index (κ1) is 8.99. The molecule has 0 radical (unpaired) electrons. The van der Waals surface area contributed by atoms with E-state index >= 15 is 0 Å². The van der Waals surface area contributed by atoms with E-state index in [1.165, 1.54) is 24.3 Å². The molecule has 0 saturated carbocycles. The van der Waals surface area contributed by atoms with E-state index in [0.717, 1.165) is 0 Å². The molecule has 0 fully saturated rings. The highest BCUT2D eigenvalue weighted by Crippen LogP contribution is 2.16. The van der Waals surface area contributed by atoms with E-state index in [1.54, 1.807) is 6.07 Å². The number of ketones is 1. The van der Waals surface area contributed by atoms with Crippen LogP contribution in [-0.2, 0) is 0 Å². The Kier molecular flexibility index (Phi) is 2.62. The molecule has 1 rings (SSSR count). The van der Waals surface area contributed by atoms with Gasteiger partial charge in [0, 0.05) is 11.6 Å². The summed E-state index contributed by atoms with van der Waals surface area (Å²) in [7, 11) is 0. The summed E-state index contributed by atoms with van der Waals surface area (Å²) in [5.41, 5.74) is 0.131. The molecule has 0 aliphatic rings. The number of halogens is 3. The summed E-state index contributed by atoms with van der Waals surface area (Å²) in [5.74, 6) is -0.821. The van der Waals surface area contributed by atoms with Gasteiger partial charge in [0.2, 0.25) is 0 Å². The molecule has 0 heterocycles. The number of allylic oxidation sites excluding steroid dienone is 2. The lowest BCUT2D eigenvalue weighted by atomic mass is 10.1. The Morgan fingerprint density at radius 2 is 1.86 bits per heavy atom. The molecule has 1 aromatic carbocycles. The maximum absolute atomic E-state index is 11.9. The number of alkyl halides is 3. The maximum Gasteiger partial charge on any atom is 0.409 e. The van der Waals surface area contributed by atoms with Gasteiger partial charge in [-0.15, -0.1) is 0 Å². The summed E-state index contributed by atoms with van der Waals surface area (Å²) in [6, 6.07) is 5.87. The van der Waals surface area contributed by atoms with Gasteiger partial charge in [-0.2, -0.15) is 13.2 Å². The zero-order valence-corrected chi connectivity index (χ0v) is 7.01. The summed E-state index contributed by atoms with van der Waals surface area (Å²) in [6.07, 6.45) is -4.50. The van der Waals surface area contributed by atoms with Crippen molar-refractivity contribution in [1.82, 2.24) is 0 Å². The van der Waals surface area contributed by atoms with Gasteiger partial charge in [-0.1, -0.05) is 30.3 Å². The Hall–Kier alpha value is -1.58. The molecule has 0 spiro atoms. The van der Waals surface area contributed by atoms with E-state index in [9.17, 15) is 18.0 Å². The van der Waals surface area contributed by atoms with E-state index in [4.69, 9.17) is 1.37 Å². The molecular weight excluding hydrogens is 193 g/mol. The van der Waals surface area contributed by atoms with Gasteiger partial charge in [0.1, 0.15) is 0 Å². The maximum atomic E-state index is 11.9. The zero-order valence-electron chi connectivity index (χ0n) is 8.01. The fourth-order valence-electron chi connectivity index (χ4n) is 0.833. The molecule has 0 aromatic heterocycles. The number of hydrogen-bond acceptors (Lipinski definition) is 1. The second kappa shape index (κ2) is 4.09. The van der Waals surface area contributed by atoms with Crippen LogP contribution in [0.5, 0.6) is 0 Å². The van der Waals surface area contributed by atoms with Crippen LogP contribution in [0.4, 0.5) is 13.2 Å². The molecule has 4 heteroatoms. The Labute approximate surface area is 80.3 Å². The van der Waals surface area contributed by atoms with E-state index in [1.807, 2.05) is 0 Å². The Balaban J connectivity index is 2.90. The molecule has 14 heavy (non-hydrogen) atoms. The van der Waals surface area contributed by atoms with Crippen molar-refractivity contribution in [2.45, 2.75) is 6.18 Å². The minimum absolute atomic E-state index is 0.131. The van der Waals surface area contributed by atoms with Crippen LogP contribution in [-0.4, -0.2) is 12.0 Å². The molecule has 0 atom stereocenters. The third-order valence-electron chi connectivity index (χ3n) is 1.43. The topological polar surface area (TPSA) is 17.1 Å². The van der Waals surface area contributed by atoms with Crippen molar-refractivity contribution in [2.75, 3.05) is 0 Å². The number of carbonyl (C=O) groups excluding carboxylic acids is 1. The molecule has 0 aliphatic carbocycles. The second-order valence-corrected chi connectivity index (χ2v) is 2.52. The van der Waals surface area contributed by atoms with Crippen molar-refractivity contribution in [3.05, 3.63) is 48.0 Å². The molecule has 0 N–H and O–H groups in total. The molecule has 0 amide bonds. The molecule has 1 nitrogen and oxygen atoms in total. The Bertz CT molecular complexity index is 381. The van der Waals surface area contributed by atoms with Gasteiger partial charge < -0.3 is 0 Å². The molecule has 0 unspecified atom stereocenters. The van der Waals surface area contributed by atoms with Crippen LogP contribution >= 0.6 is 0 Å². The molecular formula is C10H7F3O. The van der Waals surface area contributed by atoms with Crippen molar-refractivity contribution >= 4 is 5.78 Å². The highest BCUT2D eigenvalue weighted by molar-refractivity contribution is 6.04. The van der Waals surface area contributed by atoms with E-state index in [0.29, 0.717) is 0 Å². The van der Waals surface area contributed by atoms with Crippen molar-refractivity contribution in [1.29, 1.82) is 0 Å². The predicted octanol–water partition coefficient (Wildman–Crippen LogP) is 2.99. The van der Waals surface area contributed by atoms with Crippen molar-refractivity contribution in [3.8, 4) is 0 Å². The summed E-state index contributed by atoms with van der Waals surface area (Å²) in [5, 5.41) is 0. The molecule has 74 valence electrons. The van der Waals surface area contributed by atoms with Crippen LogP contribution in [0.3, 0.4) is 0 Å². The van der Waals surface area contributed by atoms with E-state index in [2.05, 4.69) is 0 Å². The molecule has 0 bridgehead atoms. The minimum atomic E-state index is -4.77. The molecule has 0 saturated heterocycles. The lowest BCUT2D eigenvalue weighted by molar-refractivity contribution is -0.0799. The van der Waals surface area contributed by atoms with Crippen LogP contribution in [0, 0.1) is 0 Å². The minimum Gasteiger partial charge on any atom is -0.289 e. The third kappa shape index (κ3) is 3.43. The van der Waals surface area contributed by atoms with Gasteiger partial charge in [0.15, 0.2) is 5.78 Å². The SMILES string of the molecule is [2H]/C(=C\C(=O)c1ccccc1)C(F)(F)F. The summed E-state index contributed by atoms with van der Waals surface area (Å²) >= 11 is 0. The van der Waals surface area contributed by atoms with Crippen molar-refractivity contribution in [2.24, 2.45) is 0 Å². The fraction of sp³-hybridized carbons (Fsp3) is 0.100.